The van der Waals surface area contributed by atoms with Gasteiger partial charge in [0.25, 0.3) is 0 Å². The molecule has 0 bridgehead atoms. The van der Waals surface area contributed by atoms with Gasteiger partial charge in [0.1, 0.15) is 0 Å². The number of nitrogens with zero attached hydrogens (tertiary/aromatic N) is 1. The Morgan fingerprint density at radius 2 is 1.59 bits per heavy atom. The molecule has 1 aromatic heterocycles. The molecule has 1 nitrogen and oxygen atoms in total. The Balaban J connectivity index is 1.72. The van der Waals surface area contributed by atoms with Gasteiger partial charge in [0.2, 0.25) is 0 Å². The SMILES string of the molecule is CCC(CCC(C)c1ccccc1)n1ccc2ccccc21. The maximum atomic E-state index is 2.47. The van der Waals surface area contributed by atoms with Crippen molar-refractivity contribution in [3.8, 4) is 0 Å². The first-order valence-corrected chi connectivity index (χ1v) is 8.40. The average molecular weight is 291 g/mol. The van der Waals surface area contributed by atoms with Crippen LogP contribution < -0.4 is 0 Å². The molecule has 1 heteroatoms. The van der Waals surface area contributed by atoms with Crippen LogP contribution in [-0.2, 0) is 0 Å². The number of fused-ring (bicyclic) bond motifs is 1. The van der Waals surface area contributed by atoms with E-state index >= 15 is 0 Å². The first kappa shape index (κ1) is 14.9. The highest BCUT2D eigenvalue weighted by molar-refractivity contribution is 5.80. The highest BCUT2D eigenvalue weighted by Crippen LogP contribution is 2.29. The van der Waals surface area contributed by atoms with Crippen molar-refractivity contribution in [2.24, 2.45) is 0 Å². The number of rotatable bonds is 6. The largest absolute Gasteiger partial charge is 0.344 e. The van der Waals surface area contributed by atoms with Crippen LogP contribution in [0.3, 0.4) is 0 Å². The van der Waals surface area contributed by atoms with E-state index in [0.717, 1.165) is 0 Å². The minimum absolute atomic E-state index is 0.589. The van der Waals surface area contributed by atoms with Gasteiger partial charge in [-0.05, 0) is 48.3 Å². The molecule has 0 spiro atoms. The van der Waals surface area contributed by atoms with E-state index in [4.69, 9.17) is 0 Å². The molecular weight excluding hydrogens is 266 g/mol. The summed E-state index contributed by atoms with van der Waals surface area (Å²) >= 11 is 0. The van der Waals surface area contributed by atoms with Crippen molar-refractivity contribution in [1.82, 2.24) is 4.57 Å². The molecule has 2 atom stereocenters. The third-order valence-electron chi connectivity index (χ3n) is 4.80. The molecule has 0 N–H and O–H groups in total. The maximum absolute atomic E-state index is 2.47. The van der Waals surface area contributed by atoms with E-state index in [2.05, 4.69) is 85.3 Å². The molecule has 3 rings (SSSR count). The Morgan fingerprint density at radius 1 is 0.864 bits per heavy atom. The summed E-state index contributed by atoms with van der Waals surface area (Å²) in [7, 11) is 0. The summed E-state index contributed by atoms with van der Waals surface area (Å²) in [6.45, 7) is 4.64. The van der Waals surface area contributed by atoms with Gasteiger partial charge in [-0.3, -0.25) is 0 Å². The lowest BCUT2D eigenvalue weighted by Crippen LogP contribution is -2.08. The van der Waals surface area contributed by atoms with Crippen LogP contribution >= 0.6 is 0 Å². The van der Waals surface area contributed by atoms with Crippen molar-refractivity contribution < 1.29 is 0 Å². The minimum Gasteiger partial charge on any atom is -0.344 e. The Morgan fingerprint density at radius 3 is 2.36 bits per heavy atom. The summed E-state index contributed by atoms with van der Waals surface area (Å²) in [6.07, 6.45) is 5.90. The van der Waals surface area contributed by atoms with Crippen LogP contribution in [0.1, 0.15) is 50.6 Å². The normalized spacial score (nSPS) is 14.1. The number of benzene rings is 2. The molecule has 0 fully saturated rings. The first-order valence-electron chi connectivity index (χ1n) is 8.40. The summed E-state index contributed by atoms with van der Waals surface area (Å²) in [4.78, 5) is 0. The zero-order valence-electron chi connectivity index (χ0n) is 13.6. The fraction of sp³-hybridized carbons (Fsp3) is 0.333. The van der Waals surface area contributed by atoms with Crippen molar-refractivity contribution in [1.29, 1.82) is 0 Å². The van der Waals surface area contributed by atoms with Crippen LogP contribution in [0.15, 0.2) is 66.9 Å². The maximum Gasteiger partial charge on any atom is 0.0482 e. The van der Waals surface area contributed by atoms with Crippen molar-refractivity contribution in [2.75, 3.05) is 0 Å². The zero-order chi connectivity index (χ0) is 15.4. The third-order valence-corrected chi connectivity index (χ3v) is 4.80. The number of aromatic nitrogens is 1. The Kier molecular flexibility index (Phi) is 4.62. The molecule has 0 saturated heterocycles. The lowest BCUT2D eigenvalue weighted by atomic mass is 9.93. The molecule has 0 amide bonds. The second-order valence-corrected chi connectivity index (χ2v) is 6.23. The molecule has 0 aliphatic heterocycles. The standard InChI is InChI=1S/C21H25N/c1-3-20(14-13-17(2)18-9-5-4-6-10-18)22-16-15-19-11-7-8-12-21(19)22/h4-12,15-17,20H,3,13-14H2,1-2H3. The topological polar surface area (TPSA) is 4.93 Å². The van der Waals surface area contributed by atoms with Gasteiger partial charge in [0.05, 0.1) is 0 Å². The minimum atomic E-state index is 0.589. The van der Waals surface area contributed by atoms with E-state index in [1.165, 1.54) is 35.7 Å². The van der Waals surface area contributed by atoms with Crippen molar-refractivity contribution in [3.63, 3.8) is 0 Å². The molecule has 0 saturated carbocycles. The number of para-hydroxylation sites is 1. The molecule has 2 aromatic carbocycles. The van der Waals surface area contributed by atoms with Crippen LogP contribution in [0.4, 0.5) is 0 Å². The Labute approximate surface area is 133 Å². The fourth-order valence-electron chi connectivity index (χ4n) is 3.35. The predicted octanol–water partition coefficient (Wildman–Crippen LogP) is 6.18. The number of hydrogen-bond acceptors (Lipinski definition) is 0. The van der Waals surface area contributed by atoms with Crippen LogP contribution in [0.5, 0.6) is 0 Å². The van der Waals surface area contributed by atoms with E-state index < -0.39 is 0 Å². The van der Waals surface area contributed by atoms with E-state index in [-0.39, 0.29) is 0 Å². The Hall–Kier alpha value is -2.02. The van der Waals surface area contributed by atoms with E-state index in [1.807, 2.05) is 0 Å². The van der Waals surface area contributed by atoms with Gasteiger partial charge in [-0.15, -0.1) is 0 Å². The summed E-state index contributed by atoms with van der Waals surface area (Å²) < 4.78 is 2.47. The molecule has 0 radical (unpaired) electrons. The smallest absolute Gasteiger partial charge is 0.0482 e. The van der Waals surface area contributed by atoms with Crippen LogP contribution in [-0.4, -0.2) is 4.57 Å². The molecule has 1 heterocycles. The highest BCUT2D eigenvalue weighted by Gasteiger charge is 2.13. The third kappa shape index (κ3) is 3.09. The lowest BCUT2D eigenvalue weighted by Gasteiger charge is -2.21. The first-order chi connectivity index (χ1) is 10.8. The van der Waals surface area contributed by atoms with Crippen LogP contribution in [0.2, 0.25) is 0 Å². The second-order valence-electron chi connectivity index (χ2n) is 6.23. The highest BCUT2D eigenvalue weighted by atomic mass is 15.0. The van der Waals surface area contributed by atoms with E-state index in [1.54, 1.807) is 0 Å². The molecule has 0 aliphatic carbocycles. The molecular formula is C21H25N. The van der Waals surface area contributed by atoms with Crippen molar-refractivity contribution in [2.45, 2.75) is 45.1 Å². The molecule has 22 heavy (non-hydrogen) atoms. The zero-order valence-corrected chi connectivity index (χ0v) is 13.6. The van der Waals surface area contributed by atoms with E-state index in [9.17, 15) is 0 Å². The fourth-order valence-corrected chi connectivity index (χ4v) is 3.35. The van der Waals surface area contributed by atoms with Crippen molar-refractivity contribution >= 4 is 10.9 Å². The molecule has 2 unspecified atom stereocenters. The van der Waals surface area contributed by atoms with Gasteiger partial charge in [-0.1, -0.05) is 62.4 Å². The summed E-state index contributed by atoms with van der Waals surface area (Å²) in [5.41, 5.74) is 2.82. The van der Waals surface area contributed by atoms with Crippen LogP contribution in [0.25, 0.3) is 10.9 Å². The van der Waals surface area contributed by atoms with Crippen LogP contribution in [0, 0.1) is 0 Å². The quantitative estimate of drug-likeness (QED) is 0.511. The summed E-state index contributed by atoms with van der Waals surface area (Å²) in [5.74, 6) is 0.622. The van der Waals surface area contributed by atoms with Crippen molar-refractivity contribution in [3.05, 3.63) is 72.4 Å². The predicted molar refractivity (Wildman–Crippen MR) is 95.4 cm³/mol. The Bertz CT molecular complexity index is 711. The molecule has 0 aliphatic rings. The van der Waals surface area contributed by atoms with Gasteiger partial charge < -0.3 is 4.57 Å². The number of hydrogen-bond donors (Lipinski definition) is 0. The monoisotopic (exact) mass is 291 g/mol. The summed E-state index contributed by atoms with van der Waals surface area (Å²) in [6, 6.07) is 22.4. The van der Waals surface area contributed by atoms with Gasteiger partial charge in [-0.2, -0.15) is 0 Å². The van der Waals surface area contributed by atoms with Gasteiger partial charge in [-0.25, -0.2) is 0 Å². The lowest BCUT2D eigenvalue weighted by molar-refractivity contribution is 0.433. The van der Waals surface area contributed by atoms with Gasteiger partial charge in [0.15, 0.2) is 0 Å². The second kappa shape index (κ2) is 6.83. The van der Waals surface area contributed by atoms with E-state index in [0.29, 0.717) is 12.0 Å². The summed E-state index contributed by atoms with van der Waals surface area (Å²) in [5, 5.41) is 1.34. The van der Waals surface area contributed by atoms with Gasteiger partial charge in [0, 0.05) is 17.8 Å². The average Bonchev–Trinajstić information content (AvgIpc) is 3.00. The van der Waals surface area contributed by atoms with Gasteiger partial charge >= 0.3 is 0 Å². The molecule has 114 valence electrons. The molecule has 3 aromatic rings.